The van der Waals surface area contributed by atoms with Gasteiger partial charge in [-0.2, -0.15) is 0 Å². The van der Waals surface area contributed by atoms with Gasteiger partial charge >= 0.3 is 0 Å². The molecule has 0 aliphatic carbocycles. The molecular formula is C9H12O4S. The molecule has 0 saturated heterocycles. The number of ether oxygens (including phenoxy) is 1. The molecule has 5 heteroatoms. The Kier molecular flexibility index (Phi) is 3.00. The Morgan fingerprint density at radius 2 is 2.07 bits per heavy atom. The summed E-state index contributed by atoms with van der Waals surface area (Å²) in [6.07, 6.45) is 0. The summed E-state index contributed by atoms with van der Waals surface area (Å²) >= 11 is 0. The Bertz CT molecular complexity index is 422. The van der Waals surface area contributed by atoms with Crippen molar-refractivity contribution in [3.63, 3.8) is 0 Å². The summed E-state index contributed by atoms with van der Waals surface area (Å²) in [6, 6.07) is 4.00. The van der Waals surface area contributed by atoms with Crippen molar-refractivity contribution in [1.82, 2.24) is 0 Å². The third-order valence-corrected chi connectivity index (χ3v) is 3.61. The molecule has 0 amide bonds. The fourth-order valence-electron chi connectivity index (χ4n) is 1.06. The SMILES string of the molecule is CCS(=O)(=O)c1cc(O)ccc1OC. The largest absolute Gasteiger partial charge is 0.508 e. The highest BCUT2D eigenvalue weighted by molar-refractivity contribution is 7.91. The maximum absolute atomic E-state index is 11.5. The number of aromatic hydroxyl groups is 1. The van der Waals surface area contributed by atoms with Gasteiger partial charge in [-0.3, -0.25) is 0 Å². The van der Waals surface area contributed by atoms with E-state index in [-0.39, 0.29) is 22.1 Å². The lowest BCUT2D eigenvalue weighted by atomic mass is 10.3. The molecule has 1 N–H and O–H groups in total. The zero-order chi connectivity index (χ0) is 10.8. The normalized spacial score (nSPS) is 11.3. The molecule has 0 heterocycles. The fourth-order valence-corrected chi connectivity index (χ4v) is 2.13. The van der Waals surface area contributed by atoms with E-state index in [0.717, 1.165) is 0 Å². The van der Waals surface area contributed by atoms with Gasteiger partial charge in [-0.1, -0.05) is 6.92 Å². The van der Waals surface area contributed by atoms with Crippen molar-refractivity contribution in [2.45, 2.75) is 11.8 Å². The van der Waals surface area contributed by atoms with Crippen LogP contribution in [0.15, 0.2) is 23.1 Å². The quantitative estimate of drug-likeness (QED) is 0.824. The van der Waals surface area contributed by atoms with Crippen LogP contribution in [0.2, 0.25) is 0 Å². The van der Waals surface area contributed by atoms with Crippen LogP contribution in [0.5, 0.6) is 11.5 Å². The van der Waals surface area contributed by atoms with E-state index in [9.17, 15) is 13.5 Å². The first-order chi connectivity index (χ1) is 6.51. The molecule has 1 aromatic rings. The van der Waals surface area contributed by atoms with Crippen molar-refractivity contribution < 1.29 is 18.3 Å². The molecule has 4 nitrogen and oxygen atoms in total. The zero-order valence-corrected chi connectivity index (χ0v) is 8.84. The topological polar surface area (TPSA) is 63.6 Å². The van der Waals surface area contributed by atoms with Gasteiger partial charge in [-0.05, 0) is 12.1 Å². The molecule has 78 valence electrons. The molecule has 0 aliphatic rings. The molecule has 0 aromatic heterocycles. The van der Waals surface area contributed by atoms with E-state index < -0.39 is 9.84 Å². The van der Waals surface area contributed by atoms with Gasteiger partial charge < -0.3 is 9.84 Å². The molecule has 0 spiro atoms. The van der Waals surface area contributed by atoms with Crippen molar-refractivity contribution >= 4 is 9.84 Å². The Hall–Kier alpha value is -1.23. The zero-order valence-electron chi connectivity index (χ0n) is 8.02. The van der Waals surface area contributed by atoms with Crippen molar-refractivity contribution in [2.24, 2.45) is 0 Å². The van der Waals surface area contributed by atoms with E-state index in [4.69, 9.17) is 4.74 Å². The molecule has 0 aliphatic heterocycles. The highest BCUT2D eigenvalue weighted by atomic mass is 32.2. The van der Waals surface area contributed by atoms with E-state index in [1.54, 1.807) is 6.92 Å². The van der Waals surface area contributed by atoms with Crippen LogP contribution in [0.4, 0.5) is 0 Å². The summed E-state index contributed by atoms with van der Waals surface area (Å²) in [7, 11) is -1.96. The maximum atomic E-state index is 11.5. The van der Waals surface area contributed by atoms with Gasteiger partial charge in [0, 0.05) is 6.07 Å². The van der Waals surface area contributed by atoms with Crippen LogP contribution in [-0.4, -0.2) is 26.4 Å². The lowest BCUT2D eigenvalue weighted by Gasteiger charge is -2.07. The summed E-state index contributed by atoms with van der Waals surface area (Å²) < 4.78 is 28.0. The van der Waals surface area contributed by atoms with E-state index in [2.05, 4.69) is 0 Å². The lowest BCUT2D eigenvalue weighted by molar-refractivity contribution is 0.399. The Labute approximate surface area is 83.1 Å². The summed E-state index contributed by atoms with van der Waals surface area (Å²) in [5, 5.41) is 9.17. The Balaban J connectivity index is 3.39. The third kappa shape index (κ3) is 1.98. The van der Waals surface area contributed by atoms with Crippen LogP contribution in [-0.2, 0) is 9.84 Å². The molecule has 1 rings (SSSR count). The van der Waals surface area contributed by atoms with Crippen molar-refractivity contribution in [1.29, 1.82) is 0 Å². The summed E-state index contributed by atoms with van der Waals surface area (Å²) in [5.74, 6) is 0.148. The molecule has 0 unspecified atom stereocenters. The fraction of sp³-hybridized carbons (Fsp3) is 0.333. The molecule has 0 fully saturated rings. The smallest absolute Gasteiger partial charge is 0.181 e. The van der Waals surface area contributed by atoms with Crippen LogP contribution in [0, 0.1) is 0 Å². The van der Waals surface area contributed by atoms with Crippen molar-refractivity contribution in [3.05, 3.63) is 18.2 Å². The maximum Gasteiger partial charge on any atom is 0.181 e. The third-order valence-electron chi connectivity index (χ3n) is 1.86. The average Bonchev–Trinajstić information content (AvgIpc) is 2.18. The summed E-state index contributed by atoms with van der Waals surface area (Å²) in [6.45, 7) is 1.54. The predicted octanol–water partition coefficient (Wildman–Crippen LogP) is 1.19. The summed E-state index contributed by atoms with van der Waals surface area (Å²) in [4.78, 5) is 0.0301. The van der Waals surface area contributed by atoms with Crippen LogP contribution in [0.3, 0.4) is 0 Å². The first kappa shape index (κ1) is 10.8. The Morgan fingerprint density at radius 1 is 1.43 bits per heavy atom. The predicted molar refractivity (Wildman–Crippen MR) is 52.4 cm³/mol. The highest BCUT2D eigenvalue weighted by Gasteiger charge is 2.17. The number of benzene rings is 1. The van der Waals surface area contributed by atoms with Gasteiger partial charge in [0.1, 0.15) is 16.4 Å². The minimum atomic E-state index is -3.35. The van der Waals surface area contributed by atoms with Crippen molar-refractivity contribution in [2.75, 3.05) is 12.9 Å². The van der Waals surface area contributed by atoms with Gasteiger partial charge in [-0.25, -0.2) is 8.42 Å². The minimum absolute atomic E-state index is 0.0210. The first-order valence-electron chi connectivity index (χ1n) is 4.11. The van der Waals surface area contributed by atoms with E-state index in [0.29, 0.717) is 0 Å². The van der Waals surface area contributed by atoms with Gasteiger partial charge in [-0.15, -0.1) is 0 Å². The molecule has 0 radical (unpaired) electrons. The van der Waals surface area contributed by atoms with Crippen LogP contribution in [0.25, 0.3) is 0 Å². The highest BCUT2D eigenvalue weighted by Crippen LogP contribution is 2.28. The van der Waals surface area contributed by atoms with E-state index in [1.165, 1.54) is 25.3 Å². The molecule has 0 atom stereocenters. The number of rotatable bonds is 3. The number of methoxy groups -OCH3 is 1. The molecule has 1 aromatic carbocycles. The second kappa shape index (κ2) is 3.88. The van der Waals surface area contributed by atoms with E-state index in [1.807, 2.05) is 0 Å². The van der Waals surface area contributed by atoms with Crippen LogP contribution in [0.1, 0.15) is 6.92 Å². The van der Waals surface area contributed by atoms with Gasteiger partial charge in [0.05, 0.1) is 12.9 Å². The van der Waals surface area contributed by atoms with Gasteiger partial charge in [0.15, 0.2) is 9.84 Å². The van der Waals surface area contributed by atoms with E-state index >= 15 is 0 Å². The second-order valence-corrected chi connectivity index (χ2v) is 4.99. The average molecular weight is 216 g/mol. The van der Waals surface area contributed by atoms with Gasteiger partial charge in [0.2, 0.25) is 0 Å². The van der Waals surface area contributed by atoms with Crippen LogP contribution >= 0.6 is 0 Å². The Morgan fingerprint density at radius 3 is 2.57 bits per heavy atom. The molecule has 0 bridgehead atoms. The number of hydrogen-bond acceptors (Lipinski definition) is 4. The standard InChI is InChI=1S/C9H12O4S/c1-3-14(11,12)9-6-7(10)4-5-8(9)13-2/h4-6,10H,3H2,1-2H3. The minimum Gasteiger partial charge on any atom is -0.508 e. The number of sulfone groups is 1. The molecule has 14 heavy (non-hydrogen) atoms. The molecule has 0 saturated carbocycles. The number of phenolic OH excluding ortho intramolecular Hbond substituents is 1. The first-order valence-corrected chi connectivity index (χ1v) is 5.76. The monoisotopic (exact) mass is 216 g/mol. The van der Waals surface area contributed by atoms with Crippen molar-refractivity contribution in [3.8, 4) is 11.5 Å². The number of phenols is 1. The second-order valence-electron chi connectivity index (χ2n) is 2.74. The summed E-state index contributed by atoms with van der Waals surface area (Å²) in [5.41, 5.74) is 0. The van der Waals surface area contributed by atoms with Gasteiger partial charge in [0.25, 0.3) is 0 Å². The lowest BCUT2D eigenvalue weighted by Crippen LogP contribution is -2.05. The number of hydrogen-bond donors (Lipinski definition) is 1. The molecular weight excluding hydrogens is 204 g/mol. The van der Waals surface area contributed by atoms with Crippen LogP contribution < -0.4 is 4.74 Å².